The molecule has 4 nitrogen and oxygen atoms in total. The van der Waals surface area contributed by atoms with Crippen LogP contribution in [-0.4, -0.2) is 20.6 Å². The third kappa shape index (κ3) is 5.60. The van der Waals surface area contributed by atoms with Crippen LogP contribution in [0.25, 0.3) is 0 Å². The predicted molar refractivity (Wildman–Crippen MR) is 85.6 cm³/mol. The quantitative estimate of drug-likeness (QED) is 0.753. The molecular formula is C17H15F3O4S. The minimum Gasteiger partial charge on any atom is -0.457 e. The average molecular weight is 372 g/mol. The molecular weight excluding hydrogens is 357 g/mol. The second kappa shape index (κ2) is 7.26. The zero-order valence-corrected chi connectivity index (χ0v) is 14.0. The van der Waals surface area contributed by atoms with Crippen LogP contribution in [0, 0.1) is 0 Å². The van der Waals surface area contributed by atoms with Gasteiger partial charge in [-0.25, -0.2) is 13.2 Å². The Balaban J connectivity index is 2.13. The van der Waals surface area contributed by atoms with E-state index in [9.17, 15) is 26.4 Å². The highest BCUT2D eigenvalue weighted by Crippen LogP contribution is 2.32. The average Bonchev–Trinajstić information content (AvgIpc) is 2.50. The molecule has 0 aromatic heterocycles. The van der Waals surface area contributed by atoms with Crippen molar-refractivity contribution in [2.45, 2.75) is 18.5 Å². The largest absolute Gasteiger partial charge is 0.457 e. The van der Waals surface area contributed by atoms with E-state index in [1.807, 2.05) is 0 Å². The van der Waals surface area contributed by atoms with Gasteiger partial charge < -0.3 is 4.74 Å². The number of hydrogen-bond acceptors (Lipinski definition) is 4. The molecule has 0 saturated carbocycles. The minimum atomic E-state index is -4.54. The topological polar surface area (TPSA) is 60.4 Å². The molecule has 8 heteroatoms. The summed E-state index contributed by atoms with van der Waals surface area (Å²) < 4.78 is 66.3. The van der Waals surface area contributed by atoms with Crippen molar-refractivity contribution in [2.75, 3.05) is 6.26 Å². The monoisotopic (exact) mass is 372 g/mol. The van der Waals surface area contributed by atoms with Crippen LogP contribution in [0.5, 0.6) is 0 Å². The number of hydrogen-bond donors (Lipinski definition) is 0. The highest BCUT2D eigenvalue weighted by atomic mass is 32.2. The van der Waals surface area contributed by atoms with E-state index in [0.717, 1.165) is 12.3 Å². The van der Waals surface area contributed by atoms with Gasteiger partial charge in [-0.3, -0.25) is 0 Å². The van der Waals surface area contributed by atoms with Gasteiger partial charge in [0.2, 0.25) is 0 Å². The molecule has 0 saturated heterocycles. The second-order valence-corrected chi connectivity index (χ2v) is 7.64. The van der Waals surface area contributed by atoms with Crippen LogP contribution in [-0.2, 0) is 33.1 Å². The molecule has 134 valence electrons. The van der Waals surface area contributed by atoms with Crippen molar-refractivity contribution in [2.24, 2.45) is 0 Å². The molecule has 0 spiro atoms. The molecule has 0 aliphatic rings. The fourth-order valence-corrected chi connectivity index (χ4v) is 3.03. The van der Waals surface area contributed by atoms with Crippen molar-refractivity contribution < 1.29 is 31.1 Å². The molecule has 0 aliphatic heterocycles. The fraction of sp³-hybridized carbons (Fsp3) is 0.235. The molecule has 2 aromatic rings. The van der Waals surface area contributed by atoms with Gasteiger partial charge in [0, 0.05) is 11.8 Å². The molecule has 0 aliphatic carbocycles. The number of sulfone groups is 1. The zero-order chi connectivity index (χ0) is 18.7. The summed E-state index contributed by atoms with van der Waals surface area (Å²) in [5.41, 5.74) is -0.553. The predicted octanol–water partition coefficient (Wildman–Crippen LogP) is 3.61. The fourth-order valence-electron chi connectivity index (χ4n) is 2.24. The Morgan fingerprint density at radius 1 is 1.08 bits per heavy atom. The van der Waals surface area contributed by atoms with Gasteiger partial charge in [0.05, 0.1) is 16.9 Å². The van der Waals surface area contributed by atoms with E-state index in [2.05, 4.69) is 0 Å². The Morgan fingerprint density at radius 3 is 2.40 bits per heavy atom. The molecule has 0 bridgehead atoms. The smallest absolute Gasteiger partial charge is 0.416 e. The number of carbonyl (C=O) groups is 1. The third-order valence-electron chi connectivity index (χ3n) is 3.27. The van der Waals surface area contributed by atoms with Crippen molar-refractivity contribution >= 4 is 15.8 Å². The first-order valence-corrected chi connectivity index (χ1v) is 9.21. The third-order valence-corrected chi connectivity index (χ3v) is 4.13. The molecule has 0 radical (unpaired) electrons. The maximum Gasteiger partial charge on any atom is 0.416 e. The van der Waals surface area contributed by atoms with Crippen LogP contribution >= 0.6 is 0 Å². The lowest BCUT2D eigenvalue weighted by Crippen LogP contribution is -2.12. The Kier molecular flexibility index (Phi) is 5.52. The maximum absolute atomic E-state index is 12.9. The molecule has 0 heterocycles. The SMILES string of the molecule is CS(=O)(=O)Cc1cccc(C(=O)OCc2ccccc2C(F)(F)F)c1. The minimum absolute atomic E-state index is 0.0747. The summed E-state index contributed by atoms with van der Waals surface area (Å²) in [5.74, 6) is -1.07. The van der Waals surface area contributed by atoms with Gasteiger partial charge >= 0.3 is 12.1 Å². The van der Waals surface area contributed by atoms with Crippen molar-refractivity contribution in [3.05, 3.63) is 70.8 Å². The lowest BCUT2D eigenvalue weighted by atomic mass is 10.1. The van der Waals surface area contributed by atoms with Gasteiger partial charge in [-0.05, 0) is 23.8 Å². The first-order valence-electron chi connectivity index (χ1n) is 7.15. The van der Waals surface area contributed by atoms with Crippen molar-refractivity contribution in [1.82, 2.24) is 0 Å². The van der Waals surface area contributed by atoms with Gasteiger partial charge in [-0.2, -0.15) is 13.2 Å². The highest BCUT2D eigenvalue weighted by molar-refractivity contribution is 7.89. The van der Waals surface area contributed by atoms with E-state index in [0.29, 0.717) is 5.56 Å². The summed E-state index contributed by atoms with van der Waals surface area (Å²) in [5, 5.41) is 0. The number of alkyl halides is 3. The highest BCUT2D eigenvalue weighted by Gasteiger charge is 2.33. The maximum atomic E-state index is 12.9. The zero-order valence-electron chi connectivity index (χ0n) is 13.2. The molecule has 0 unspecified atom stereocenters. The summed E-state index contributed by atoms with van der Waals surface area (Å²) in [6.07, 6.45) is -3.48. The lowest BCUT2D eigenvalue weighted by Gasteiger charge is -2.13. The van der Waals surface area contributed by atoms with E-state index >= 15 is 0 Å². The first-order chi connectivity index (χ1) is 11.6. The Labute approximate surface area is 143 Å². The molecule has 0 N–H and O–H groups in total. The molecule has 0 atom stereocenters. The Bertz CT molecular complexity index is 873. The van der Waals surface area contributed by atoms with E-state index in [4.69, 9.17) is 4.74 Å². The molecule has 25 heavy (non-hydrogen) atoms. The first kappa shape index (κ1) is 19.0. The number of benzene rings is 2. The van der Waals surface area contributed by atoms with Crippen LogP contribution < -0.4 is 0 Å². The summed E-state index contributed by atoms with van der Waals surface area (Å²) >= 11 is 0. The summed E-state index contributed by atoms with van der Waals surface area (Å²) in [4.78, 5) is 12.0. The van der Waals surface area contributed by atoms with Gasteiger partial charge in [0.1, 0.15) is 6.61 Å². The normalized spacial score (nSPS) is 12.0. The van der Waals surface area contributed by atoms with Gasteiger partial charge in [-0.15, -0.1) is 0 Å². The standard InChI is InChI=1S/C17H15F3O4S/c1-25(22,23)11-12-5-4-7-13(9-12)16(21)24-10-14-6-2-3-8-15(14)17(18,19)20/h2-9H,10-11H2,1H3. The summed E-state index contributed by atoms with van der Waals surface area (Å²) in [7, 11) is -3.27. The number of carbonyl (C=O) groups excluding carboxylic acids is 1. The second-order valence-electron chi connectivity index (χ2n) is 5.50. The number of esters is 1. The van der Waals surface area contributed by atoms with Crippen molar-refractivity contribution in [3.63, 3.8) is 0 Å². The van der Waals surface area contributed by atoms with Gasteiger partial charge in [-0.1, -0.05) is 30.3 Å². The number of ether oxygens (including phenoxy) is 1. The van der Waals surface area contributed by atoms with Gasteiger partial charge in [0.15, 0.2) is 9.84 Å². The van der Waals surface area contributed by atoms with Crippen LogP contribution in [0.2, 0.25) is 0 Å². The molecule has 0 amide bonds. The molecule has 2 aromatic carbocycles. The van der Waals surface area contributed by atoms with E-state index in [-0.39, 0.29) is 16.9 Å². The van der Waals surface area contributed by atoms with Crippen LogP contribution in [0.4, 0.5) is 13.2 Å². The van der Waals surface area contributed by atoms with Gasteiger partial charge in [0.25, 0.3) is 0 Å². The number of halogens is 3. The van der Waals surface area contributed by atoms with Crippen LogP contribution in [0.15, 0.2) is 48.5 Å². The van der Waals surface area contributed by atoms with Crippen LogP contribution in [0.3, 0.4) is 0 Å². The Hall–Kier alpha value is -2.35. The van der Waals surface area contributed by atoms with E-state index in [1.165, 1.54) is 42.5 Å². The lowest BCUT2D eigenvalue weighted by molar-refractivity contribution is -0.138. The molecule has 2 rings (SSSR count). The van der Waals surface area contributed by atoms with Crippen molar-refractivity contribution in [1.29, 1.82) is 0 Å². The summed E-state index contributed by atoms with van der Waals surface area (Å²) in [6, 6.07) is 10.6. The summed E-state index contributed by atoms with van der Waals surface area (Å²) in [6.45, 7) is -0.537. The van der Waals surface area contributed by atoms with E-state index in [1.54, 1.807) is 0 Å². The Morgan fingerprint density at radius 2 is 1.76 bits per heavy atom. The van der Waals surface area contributed by atoms with Crippen molar-refractivity contribution in [3.8, 4) is 0 Å². The van der Waals surface area contributed by atoms with Crippen LogP contribution in [0.1, 0.15) is 27.0 Å². The number of rotatable bonds is 5. The van der Waals surface area contributed by atoms with E-state index < -0.39 is 34.2 Å². The molecule has 0 fully saturated rings.